The molecule has 8 unspecified atom stereocenters. The van der Waals surface area contributed by atoms with Crippen LogP contribution in [0.4, 0.5) is 0 Å². The summed E-state index contributed by atoms with van der Waals surface area (Å²) in [5.74, 6) is 1.11. The van der Waals surface area contributed by atoms with Crippen molar-refractivity contribution in [3.05, 3.63) is 11.1 Å². The molecule has 1 aliphatic carbocycles. The lowest BCUT2D eigenvalue weighted by atomic mass is 9.88. The van der Waals surface area contributed by atoms with Crippen LogP contribution >= 0.6 is 23.5 Å². The van der Waals surface area contributed by atoms with Crippen molar-refractivity contribution in [1.29, 1.82) is 0 Å². The van der Waals surface area contributed by atoms with Crippen LogP contribution in [-0.2, 0) is 19.1 Å². The van der Waals surface area contributed by atoms with Crippen molar-refractivity contribution >= 4 is 35.2 Å². The Morgan fingerprint density at radius 3 is 2.69 bits per heavy atom. The van der Waals surface area contributed by atoms with Crippen molar-refractivity contribution in [2.75, 3.05) is 45.2 Å². The van der Waals surface area contributed by atoms with Gasteiger partial charge in [0, 0.05) is 72.8 Å². The fourth-order valence-corrected chi connectivity index (χ4v) is 10.5. The standard InChI is InChI=1S/C27H44N6O4S2/c28-18-3-1-2-4-19(18)31-15-9-20(24(27(29)35)30-12-15)32-16-10-22(38-14-16)17-13-37-25-21(34)11-23(39-26(17)25)33-5-7-36-8-6-33/h11,15-20,22,24-26,30-32H,1-10,12-14,28H2,(H2,29,35)/t15?,16?,17?,18-,19+,20?,22?,24?,25?,26?/m1/s1. The number of thioether (sulfide) groups is 2. The number of nitrogens with two attached hydrogens (primary N) is 2. The second-order valence-electron chi connectivity index (χ2n) is 12.0. The van der Waals surface area contributed by atoms with Crippen molar-refractivity contribution in [1.82, 2.24) is 20.9 Å². The molecule has 6 aliphatic rings. The number of carbonyl (C=O) groups excluding carboxylic acids is 2. The van der Waals surface area contributed by atoms with E-state index in [1.807, 2.05) is 23.5 Å². The average Bonchev–Trinajstić information content (AvgIpc) is 3.58. The van der Waals surface area contributed by atoms with Crippen molar-refractivity contribution in [3.8, 4) is 0 Å². The van der Waals surface area contributed by atoms with Crippen molar-refractivity contribution in [2.24, 2.45) is 17.4 Å². The van der Waals surface area contributed by atoms with Crippen molar-refractivity contribution < 1.29 is 19.1 Å². The topological polar surface area (TPSA) is 144 Å². The van der Waals surface area contributed by atoms with Gasteiger partial charge in [-0.2, -0.15) is 11.8 Å². The van der Waals surface area contributed by atoms with Crippen LogP contribution in [0.5, 0.6) is 0 Å². The first-order chi connectivity index (χ1) is 19.0. The summed E-state index contributed by atoms with van der Waals surface area (Å²) in [5.41, 5.74) is 12.2. The van der Waals surface area contributed by atoms with Gasteiger partial charge in [0.25, 0.3) is 0 Å². The number of ether oxygens (including phenoxy) is 2. The Kier molecular flexibility index (Phi) is 9.11. The molecule has 1 saturated carbocycles. The minimum Gasteiger partial charge on any atom is -0.378 e. The molecular formula is C27H44N6O4S2. The number of primary amides is 1. The van der Waals surface area contributed by atoms with E-state index in [-0.39, 0.29) is 47.2 Å². The number of piperidine rings is 1. The zero-order chi connectivity index (χ0) is 26.9. The molecule has 4 saturated heterocycles. The molecule has 10 atom stereocenters. The van der Waals surface area contributed by atoms with Crippen LogP contribution in [0.3, 0.4) is 0 Å². The minimum atomic E-state index is -0.376. The SMILES string of the molecule is NC(=O)C1NCC(N[C@H]2CCCC[C@H]2N)CC1NC1CSC(C2COC3C(=O)C=C(N4CCOCC4)SC32)C1. The maximum atomic E-state index is 13.0. The van der Waals surface area contributed by atoms with Crippen LogP contribution in [0.2, 0.25) is 0 Å². The lowest BCUT2D eigenvalue weighted by Crippen LogP contribution is -2.66. The monoisotopic (exact) mass is 580 g/mol. The van der Waals surface area contributed by atoms with E-state index in [2.05, 4.69) is 20.9 Å². The molecule has 12 heteroatoms. The first kappa shape index (κ1) is 28.3. The van der Waals surface area contributed by atoms with Gasteiger partial charge >= 0.3 is 0 Å². The largest absolute Gasteiger partial charge is 0.378 e. The van der Waals surface area contributed by atoms with Gasteiger partial charge in [-0.05, 0) is 25.7 Å². The molecule has 218 valence electrons. The fourth-order valence-electron chi connectivity index (χ4n) is 7.24. The van der Waals surface area contributed by atoms with Gasteiger partial charge in [-0.15, -0.1) is 11.8 Å². The predicted molar refractivity (Wildman–Crippen MR) is 154 cm³/mol. The average molecular weight is 581 g/mol. The molecule has 0 aromatic carbocycles. The molecule has 5 aliphatic heterocycles. The molecule has 5 heterocycles. The van der Waals surface area contributed by atoms with E-state index in [1.54, 1.807) is 6.08 Å². The molecule has 5 fully saturated rings. The van der Waals surface area contributed by atoms with Gasteiger partial charge in [0.1, 0.15) is 12.1 Å². The summed E-state index contributed by atoms with van der Waals surface area (Å²) in [5, 5.41) is 12.7. The number of hydrogen-bond donors (Lipinski definition) is 5. The molecule has 39 heavy (non-hydrogen) atoms. The Balaban J connectivity index is 1.06. The Morgan fingerprint density at radius 1 is 1.10 bits per heavy atom. The van der Waals surface area contributed by atoms with Gasteiger partial charge in [0.2, 0.25) is 5.91 Å². The summed E-state index contributed by atoms with van der Waals surface area (Å²) in [7, 11) is 0. The number of ketones is 1. The predicted octanol–water partition coefficient (Wildman–Crippen LogP) is -0.233. The zero-order valence-electron chi connectivity index (χ0n) is 22.6. The maximum absolute atomic E-state index is 13.0. The summed E-state index contributed by atoms with van der Waals surface area (Å²) < 4.78 is 11.6. The molecular weight excluding hydrogens is 536 g/mol. The first-order valence-electron chi connectivity index (χ1n) is 14.7. The number of amides is 1. The quantitative estimate of drug-likeness (QED) is 0.272. The highest BCUT2D eigenvalue weighted by atomic mass is 32.2. The molecule has 1 amide bonds. The Morgan fingerprint density at radius 2 is 1.90 bits per heavy atom. The summed E-state index contributed by atoms with van der Waals surface area (Å²) in [6.45, 7) is 4.43. The molecule has 0 aromatic rings. The smallest absolute Gasteiger partial charge is 0.236 e. The van der Waals surface area contributed by atoms with E-state index in [4.69, 9.17) is 20.9 Å². The van der Waals surface area contributed by atoms with Crippen molar-refractivity contribution in [3.63, 3.8) is 0 Å². The number of morpholine rings is 1. The molecule has 7 N–H and O–H groups in total. The molecule has 0 radical (unpaired) electrons. The number of hydrogen-bond acceptors (Lipinski definition) is 11. The van der Waals surface area contributed by atoms with E-state index < -0.39 is 0 Å². The summed E-state index contributed by atoms with van der Waals surface area (Å²) in [4.78, 5) is 27.6. The number of carbonyl (C=O) groups is 2. The summed E-state index contributed by atoms with van der Waals surface area (Å²) in [6.07, 6.45) is 7.93. The van der Waals surface area contributed by atoms with Gasteiger partial charge < -0.3 is 41.8 Å². The molecule has 10 nitrogen and oxygen atoms in total. The van der Waals surface area contributed by atoms with Gasteiger partial charge in [0.05, 0.1) is 30.1 Å². The molecule has 0 aromatic heterocycles. The van der Waals surface area contributed by atoms with Gasteiger partial charge in [-0.3, -0.25) is 9.59 Å². The lowest BCUT2D eigenvalue weighted by Gasteiger charge is -2.41. The van der Waals surface area contributed by atoms with Gasteiger partial charge in [0.15, 0.2) is 5.78 Å². The summed E-state index contributed by atoms with van der Waals surface area (Å²) >= 11 is 3.81. The normalized spacial score (nSPS) is 43.3. The second-order valence-corrected chi connectivity index (χ2v) is 14.5. The second kappa shape index (κ2) is 12.6. The first-order valence-corrected chi connectivity index (χ1v) is 16.7. The molecule has 0 spiro atoms. The fraction of sp³-hybridized carbons (Fsp3) is 0.852. The van der Waals surface area contributed by atoms with E-state index in [9.17, 15) is 9.59 Å². The number of rotatable bonds is 7. The van der Waals surface area contributed by atoms with Crippen LogP contribution in [0, 0.1) is 5.92 Å². The highest BCUT2D eigenvalue weighted by Crippen LogP contribution is 2.47. The zero-order valence-corrected chi connectivity index (χ0v) is 24.2. The van der Waals surface area contributed by atoms with Gasteiger partial charge in [-0.1, -0.05) is 12.8 Å². The highest BCUT2D eigenvalue weighted by Gasteiger charge is 2.50. The maximum Gasteiger partial charge on any atom is 0.236 e. The van der Waals surface area contributed by atoms with E-state index >= 15 is 0 Å². The molecule has 0 bridgehead atoms. The van der Waals surface area contributed by atoms with Crippen LogP contribution in [-0.4, -0.2) is 115 Å². The third kappa shape index (κ3) is 6.33. The van der Waals surface area contributed by atoms with Crippen LogP contribution in [0.15, 0.2) is 11.1 Å². The number of nitrogens with one attached hydrogen (secondary N) is 3. The van der Waals surface area contributed by atoms with E-state index in [0.717, 1.165) is 56.1 Å². The molecule has 6 rings (SSSR count). The van der Waals surface area contributed by atoms with Crippen LogP contribution in [0.25, 0.3) is 0 Å². The Bertz CT molecular complexity index is 936. The van der Waals surface area contributed by atoms with Crippen LogP contribution in [0.1, 0.15) is 38.5 Å². The van der Waals surface area contributed by atoms with E-state index in [1.165, 1.54) is 12.8 Å². The Hall–Kier alpha value is -0.860. The third-order valence-corrected chi connectivity index (χ3v) is 12.4. The van der Waals surface area contributed by atoms with E-state index in [0.29, 0.717) is 43.1 Å². The minimum absolute atomic E-state index is 0.0213. The summed E-state index contributed by atoms with van der Waals surface area (Å²) in [6, 6.07) is 0.695. The number of fused-ring (bicyclic) bond motifs is 1. The van der Waals surface area contributed by atoms with Crippen molar-refractivity contribution in [2.45, 2.75) is 91.4 Å². The lowest BCUT2D eigenvalue weighted by molar-refractivity contribution is -0.123. The third-order valence-electron chi connectivity index (χ3n) is 9.37. The van der Waals surface area contributed by atoms with Gasteiger partial charge in [-0.25, -0.2) is 0 Å². The highest BCUT2D eigenvalue weighted by molar-refractivity contribution is 8.04. The van der Waals surface area contributed by atoms with Crippen LogP contribution < -0.4 is 27.4 Å². The number of nitrogens with zero attached hydrogens (tertiary/aromatic N) is 1. The Labute approximate surface area is 239 Å².